The highest BCUT2D eigenvalue weighted by molar-refractivity contribution is 5.78. The topological polar surface area (TPSA) is 109 Å². The van der Waals surface area contributed by atoms with Crippen molar-refractivity contribution >= 4 is 28.9 Å². The van der Waals surface area contributed by atoms with E-state index in [0.717, 1.165) is 0 Å². The molecule has 2 aliphatic rings. The number of benzene rings is 1. The van der Waals surface area contributed by atoms with Gasteiger partial charge in [-0.1, -0.05) is 12.1 Å². The number of halogens is 2. The van der Waals surface area contributed by atoms with Crippen LogP contribution in [0.15, 0.2) is 30.3 Å². The van der Waals surface area contributed by atoms with Crippen molar-refractivity contribution in [1.29, 1.82) is 0 Å². The number of aromatic nitrogens is 4. The molecule has 10 nitrogen and oxygen atoms in total. The average molecular weight is 445 g/mol. The van der Waals surface area contributed by atoms with E-state index in [-0.39, 0.29) is 17.8 Å². The maximum atomic E-state index is 13.9. The Morgan fingerprint density at radius 2 is 1.84 bits per heavy atom. The Bertz CT molecular complexity index is 1140. The van der Waals surface area contributed by atoms with Gasteiger partial charge < -0.3 is 25.0 Å². The SMILES string of the molecule is O=C(O)N1CC(Nc2nc(N3CCOCC3)cc(-n3c(C(F)F)nc4ccccc43)n2)C1. The van der Waals surface area contributed by atoms with Crippen LogP contribution in [0.4, 0.5) is 25.3 Å². The van der Waals surface area contributed by atoms with Crippen molar-refractivity contribution in [2.24, 2.45) is 0 Å². The molecule has 1 amide bonds. The molecule has 0 saturated carbocycles. The van der Waals surface area contributed by atoms with Crippen molar-refractivity contribution in [3.05, 3.63) is 36.2 Å². The second-order valence-electron chi connectivity index (χ2n) is 7.63. The quantitative estimate of drug-likeness (QED) is 0.616. The van der Waals surface area contributed by atoms with Crippen LogP contribution in [-0.4, -0.2) is 81.1 Å². The molecular weight excluding hydrogens is 424 g/mol. The fraction of sp³-hybridized carbons (Fsp3) is 0.400. The maximum absolute atomic E-state index is 13.9. The third kappa shape index (κ3) is 3.77. The Balaban J connectivity index is 1.56. The largest absolute Gasteiger partial charge is 0.465 e. The number of carbonyl (C=O) groups is 1. The van der Waals surface area contributed by atoms with Gasteiger partial charge in [0.25, 0.3) is 6.43 Å². The number of likely N-dealkylation sites (tertiary alicyclic amines) is 1. The standard InChI is InChI=1S/C20H21F2N7O3/c21-17(22)18-24-13-3-1-2-4-14(13)29(18)16-9-15(27-5-7-32-8-6-27)25-19(26-16)23-12-10-28(11-12)20(30)31/h1-4,9,12,17H,5-8,10-11H2,(H,30,31)(H,23,25,26). The molecule has 168 valence electrons. The third-order valence-corrected chi connectivity index (χ3v) is 5.53. The van der Waals surface area contributed by atoms with Crippen LogP contribution in [0, 0.1) is 0 Å². The molecule has 12 heteroatoms. The van der Waals surface area contributed by atoms with Gasteiger partial charge in [-0.3, -0.25) is 4.57 Å². The van der Waals surface area contributed by atoms with Crippen LogP contribution < -0.4 is 10.2 Å². The van der Waals surface area contributed by atoms with E-state index < -0.39 is 18.3 Å². The van der Waals surface area contributed by atoms with Crippen LogP contribution in [-0.2, 0) is 4.74 Å². The van der Waals surface area contributed by atoms with Crippen LogP contribution in [0.5, 0.6) is 0 Å². The first-order valence-electron chi connectivity index (χ1n) is 10.2. The molecular formula is C20H21F2N7O3. The van der Waals surface area contributed by atoms with E-state index in [1.165, 1.54) is 9.47 Å². The van der Waals surface area contributed by atoms with Gasteiger partial charge in [-0.25, -0.2) is 18.6 Å². The van der Waals surface area contributed by atoms with Gasteiger partial charge in [-0.05, 0) is 12.1 Å². The Labute approximate surface area is 181 Å². The zero-order chi connectivity index (χ0) is 22.2. The lowest BCUT2D eigenvalue weighted by atomic mass is 10.1. The molecule has 5 rings (SSSR count). The Morgan fingerprint density at radius 1 is 1.12 bits per heavy atom. The predicted octanol–water partition coefficient (Wildman–Crippen LogP) is 2.36. The second-order valence-corrected chi connectivity index (χ2v) is 7.63. The molecule has 2 aromatic heterocycles. The number of hydrogen-bond donors (Lipinski definition) is 2. The first-order valence-corrected chi connectivity index (χ1v) is 10.2. The summed E-state index contributed by atoms with van der Waals surface area (Å²) in [6.07, 6.45) is -3.78. The van der Waals surface area contributed by atoms with E-state index >= 15 is 0 Å². The summed E-state index contributed by atoms with van der Waals surface area (Å²) in [5.41, 5.74) is 0.959. The second kappa shape index (κ2) is 8.19. The molecule has 2 N–H and O–H groups in total. The molecule has 2 saturated heterocycles. The lowest BCUT2D eigenvalue weighted by molar-refractivity contribution is 0.111. The van der Waals surface area contributed by atoms with Gasteiger partial charge in [0, 0.05) is 32.2 Å². The van der Waals surface area contributed by atoms with Crippen molar-refractivity contribution in [2.45, 2.75) is 12.5 Å². The molecule has 1 aromatic carbocycles. The molecule has 0 spiro atoms. The lowest BCUT2D eigenvalue weighted by Gasteiger charge is -2.37. The zero-order valence-corrected chi connectivity index (χ0v) is 17.0. The number of carboxylic acid groups (broad SMARTS) is 1. The van der Waals surface area contributed by atoms with Gasteiger partial charge in [0.15, 0.2) is 5.82 Å². The highest BCUT2D eigenvalue weighted by atomic mass is 19.3. The van der Waals surface area contributed by atoms with E-state index in [2.05, 4.69) is 20.3 Å². The highest BCUT2D eigenvalue weighted by Gasteiger charge is 2.31. The molecule has 2 fully saturated rings. The molecule has 0 atom stereocenters. The molecule has 0 radical (unpaired) electrons. The van der Waals surface area contributed by atoms with Gasteiger partial charge in [0.2, 0.25) is 5.95 Å². The Hall–Kier alpha value is -3.54. The smallest absolute Gasteiger partial charge is 0.407 e. The van der Waals surface area contributed by atoms with Crippen LogP contribution in [0.25, 0.3) is 16.9 Å². The molecule has 3 aromatic rings. The number of hydrogen-bond acceptors (Lipinski definition) is 7. The molecule has 0 bridgehead atoms. The molecule has 4 heterocycles. The molecule has 32 heavy (non-hydrogen) atoms. The minimum atomic E-state index is -2.80. The number of amides is 1. The van der Waals surface area contributed by atoms with Gasteiger partial charge in [0.1, 0.15) is 11.6 Å². The number of alkyl halides is 2. The molecule has 0 aliphatic carbocycles. The van der Waals surface area contributed by atoms with E-state index in [9.17, 15) is 13.6 Å². The van der Waals surface area contributed by atoms with Crippen molar-refractivity contribution in [2.75, 3.05) is 49.6 Å². The Kier molecular flexibility index (Phi) is 5.21. The first-order chi connectivity index (χ1) is 15.5. The fourth-order valence-electron chi connectivity index (χ4n) is 3.90. The average Bonchev–Trinajstić information content (AvgIpc) is 3.16. The summed E-state index contributed by atoms with van der Waals surface area (Å²) < 4.78 is 34.5. The number of rotatable bonds is 5. The first kappa shape index (κ1) is 20.4. The summed E-state index contributed by atoms with van der Waals surface area (Å²) in [4.78, 5) is 27.5. The summed E-state index contributed by atoms with van der Waals surface area (Å²) in [6, 6.07) is 8.40. The third-order valence-electron chi connectivity index (χ3n) is 5.53. The fourth-order valence-corrected chi connectivity index (χ4v) is 3.90. The summed E-state index contributed by atoms with van der Waals surface area (Å²) >= 11 is 0. The summed E-state index contributed by atoms with van der Waals surface area (Å²) in [5, 5.41) is 12.2. The highest BCUT2D eigenvalue weighted by Crippen LogP contribution is 2.29. The predicted molar refractivity (Wildman–Crippen MR) is 112 cm³/mol. The van der Waals surface area contributed by atoms with E-state index in [4.69, 9.17) is 9.84 Å². The van der Waals surface area contributed by atoms with Crippen molar-refractivity contribution in [3.8, 4) is 5.82 Å². The maximum Gasteiger partial charge on any atom is 0.407 e. The number of nitrogens with zero attached hydrogens (tertiary/aromatic N) is 6. The van der Waals surface area contributed by atoms with E-state index in [0.29, 0.717) is 56.2 Å². The number of anilines is 2. The number of ether oxygens (including phenoxy) is 1. The van der Waals surface area contributed by atoms with Crippen molar-refractivity contribution < 1.29 is 23.4 Å². The van der Waals surface area contributed by atoms with E-state index in [1.54, 1.807) is 30.3 Å². The van der Waals surface area contributed by atoms with Crippen LogP contribution in [0.1, 0.15) is 12.2 Å². The van der Waals surface area contributed by atoms with Gasteiger partial charge in [-0.15, -0.1) is 0 Å². The van der Waals surface area contributed by atoms with E-state index in [1.807, 2.05) is 4.90 Å². The minimum absolute atomic E-state index is 0.159. The number of nitrogens with one attached hydrogen (secondary N) is 1. The normalized spacial score (nSPS) is 17.1. The zero-order valence-electron chi connectivity index (χ0n) is 17.0. The van der Waals surface area contributed by atoms with Gasteiger partial charge >= 0.3 is 6.09 Å². The number of morpholine rings is 1. The van der Waals surface area contributed by atoms with Gasteiger partial charge in [0.05, 0.1) is 30.3 Å². The number of fused-ring (bicyclic) bond motifs is 1. The van der Waals surface area contributed by atoms with Crippen LogP contribution >= 0.6 is 0 Å². The summed E-state index contributed by atoms with van der Waals surface area (Å²) in [7, 11) is 0. The van der Waals surface area contributed by atoms with Gasteiger partial charge in [-0.2, -0.15) is 9.97 Å². The molecule has 0 unspecified atom stereocenters. The van der Waals surface area contributed by atoms with Crippen LogP contribution in [0.3, 0.4) is 0 Å². The summed E-state index contributed by atoms with van der Waals surface area (Å²) in [5.74, 6) is 0.692. The molecule has 2 aliphatic heterocycles. The number of imidazole rings is 1. The number of para-hydroxylation sites is 2. The lowest BCUT2D eigenvalue weighted by Crippen LogP contribution is -2.56. The minimum Gasteiger partial charge on any atom is -0.465 e. The summed E-state index contributed by atoms with van der Waals surface area (Å²) in [6.45, 7) is 2.89. The monoisotopic (exact) mass is 445 g/mol. The Morgan fingerprint density at radius 3 is 2.56 bits per heavy atom. The van der Waals surface area contributed by atoms with Crippen molar-refractivity contribution in [3.63, 3.8) is 0 Å². The van der Waals surface area contributed by atoms with Crippen LogP contribution in [0.2, 0.25) is 0 Å². The van der Waals surface area contributed by atoms with Crippen molar-refractivity contribution in [1.82, 2.24) is 24.4 Å².